The van der Waals surface area contributed by atoms with Crippen molar-refractivity contribution in [3.63, 3.8) is 0 Å². The fourth-order valence-electron chi connectivity index (χ4n) is 4.04. The molecular formula is C18H30O17. The molecule has 0 aromatic heterocycles. The predicted octanol–water partition coefficient (Wildman–Crippen LogP) is -7.48. The topological polar surface area (TPSA) is 286 Å². The highest BCUT2D eigenvalue weighted by Crippen LogP contribution is 2.32. The van der Waals surface area contributed by atoms with Gasteiger partial charge in [0.2, 0.25) is 0 Å². The minimum absolute atomic E-state index is 0.768. The summed E-state index contributed by atoms with van der Waals surface area (Å²) < 4.78 is 25.8. The molecule has 0 amide bonds. The number of hydrogen-bond donors (Lipinski definition) is 11. The zero-order valence-electron chi connectivity index (χ0n) is 17.9. The van der Waals surface area contributed by atoms with Gasteiger partial charge < -0.3 is 79.9 Å². The highest BCUT2D eigenvalue weighted by molar-refractivity contribution is 5.73. The first-order chi connectivity index (χ1) is 16.4. The molecule has 17 heteroatoms. The lowest BCUT2D eigenvalue weighted by molar-refractivity contribution is -0.376. The molecule has 3 rings (SSSR count). The van der Waals surface area contributed by atoms with E-state index in [2.05, 4.69) is 4.74 Å². The lowest BCUT2D eigenvalue weighted by atomic mass is 9.96. The van der Waals surface area contributed by atoms with E-state index in [1.165, 1.54) is 0 Å². The molecule has 0 bridgehead atoms. The molecule has 15 atom stereocenters. The molecule has 3 fully saturated rings. The van der Waals surface area contributed by atoms with Crippen molar-refractivity contribution in [1.29, 1.82) is 0 Å². The molecule has 35 heavy (non-hydrogen) atoms. The van der Waals surface area contributed by atoms with Crippen molar-refractivity contribution in [1.82, 2.24) is 0 Å². The van der Waals surface area contributed by atoms with Crippen LogP contribution in [0.15, 0.2) is 0 Å². The number of ether oxygens (including phenoxy) is 5. The van der Waals surface area contributed by atoms with Crippen LogP contribution in [-0.4, -0.2) is 167 Å². The van der Waals surface area contributed by atoms with Crippen molar-refractivity contribution < 1.29 is 84.7 Å². The number of hydrogen-bond acceptors (Lipinski definition) is 16. The maximum atomic E-state index is 11.2. The standard InChI is InChI=1S/C18H30O17/c19-1-3-5(21)6(22)8(24)17(31-3)34-12-4(2-20)32-18(9(25)7(12)23)35-13-10(26)14(15(28)29)33-16(30)11(13)27/h3-14,16-27,30H,1-2H2,(H,28,29)/t3-,4-,5-,6+,7-,8-,9-,10+,11-,12-,13+,14+,16?,17+,18+/m1/s1. The molecule has 0 saturated carbocycles. The summed E-state index contributed by atoms with van der Waals surface area (Å²) in [5.74, 6) is -1.69. The second-order valence-electron chi connectivity index (χ2n) is 8.37. The molecule has 3 aliphatic heterocycles. The normalized spacial score (nSPS) is 51.2. The summed E-state index contributed by atoms with van der Waals surface area (Å²) in [4.78, 5) is 11.2. The summed E-state index contributed by atoms with van der Waals surface area (Å²) in [6.45, 7) is -1.65. The molecule has 3 saturated heterocycles. The van der Waals surface area contributed by atoms with Crippen LogP contribution in [0.4, 0.5) is 0 Å². The Kier molecular flexibility index (Phi) is 9.35. The first-order valence-corrected chi connectivity index (χ1v) is 10.6. The van der Waals surface area contributed by atoms with Crippen LogP contribution in [0.1, 0.15) is 0 Å². The van der Waals surface area contributed by atoms with Gasteiger partial charge in [0.1, 0.15) is 67.1 Å². The summed E-state index contributed by atoms with van der Waals surface area (Å²) in [5, 5.41) is 109. The highest BCUT2D eigenvalue weighted by atomic mass is 16.7. The number of aliphatic carboxylic acids is 1. The lowest BCUT2D eigenvalue weighted by Crippen LogP contribution is -2.66. The maximum Gasteiger partial charge on any atom is 0.335 e. The second-order valence-corrected chi connectivity index (χ2v) is 8.37. The zero-order valence-corrected chi connectivity index (χ0v) is 17.9. The Morgan fingerprint density at radius 3 is 1.66 bits per heavy atom. The van der Waals surface area contributed by atoms with Crippen molar-refractivity contribution in [2.45, 2.75) is 92.1 Å². The lowest BCUT2D eigenvalue weighted by Gasteiger charge is -2.47. The highest BCUT2D eigenvalue weighted by Gasteiger charge is 2.54. The fourth-order valence-corrected chi connectivity index (χ4v) is 4.04. The van der Waals surface area contributed by atoms with Crippen molar-refractivity contribution >= 4 is 5.97 Å². The molecule has 0 aromatic rings. The van der Waals surface area contributed by atoms with Crippen molar-refractivity contribution in [3.05, 3.63) is 0 Å². The van der Waals surface area contributed by atoms with Crippen LogP contribution in [0.2, 0.25) is 0 Å². The molecular weight excluding hydrogens is 488 g/mol. The van der Waals surface area contributed by atoms with Crippen molar-refractivity contribution in [2.75, 3.05) is 13.2 Å². The fraction of sp³-hybridized carbons (Fsp3) is 0.944. The molecule has 1 unspecified atom stereocenters. The summed E-state index contributed by atoms with van der Waals surface area (Å²) in [5.41, 5.74) is 0. The molecule has 11 N–H and O–H groups in total. The minimum Gasteiger partial charge on any atom is -0.479 e. The number of rotatable bonds is 7. The van der Waals surface area contributed by atoms with Gasteiger partial charge in [-0.25, -0.2) is 4.79 Å². The third-order valence-corrected chi connectivity index (χ3v) is 6.06. The number of aliphatic hydroxyl groups excluding tert-OH is 10. The van der Waals surface area contributed by atoms with Crippen LogP contribution in [0.3, 0.4) is 0 Å². The van der Waals surface area contributed by atoms with Crippen molar-refractivity contribution in [2.24, 2.45) is 0 Å². The van der Waals surface area contributed by atoms with E-state index in [0.717, 1.165) is 0 Å². The van der Waals surface area contributed by atoms with E-state index in [4.69, 9.17) is 24.1 Å². The van der Waals surface area contributed by atoms with E-state index < -0.39 is 111 Å². The largest absolute Gasteiger partial charge is 0.479 e. The van der Waals surface area contributed by atoms with Crippen LogP contribution >= 0.6 is 0 Å². The van der Waals surface area contributed by atoms with Gasteiger partial charge in [-0.05, 0) is 0 Å². The molecule has 3 heterocycles. The average Bonchev–Trinajstić information content (AvgIpc) is 2.82. The van der Waals surface area contributed by atoms with E-state index in [9.17, 15) is 55.9 Å². The van der Waals surface area contributed by atoms with Crippen LogP contribution < -0.4 is 0 Å². The van der Waals surface area contributed by atoms with Gasteiger partial charge in [0, 0.05) is 0 Å². The van der Waals surface area contributed by atoms with E-state index in [-0.39, 0.29) is 0 Å². The van der Waals surface area contributed by atoms with E-state index >= 15 is 0 Å². The quantitative estimate of drug-likeness (QED) is 0.149. The van der Waals surface area contributed by atoms with Gasteiger partial charge in [0.25, 0.3) is 0 Å². The van der Waals surface area contributed by atoms with E-state index in [1.54, 1.807) is 0 Å². The summed E-state index contributed by atoms with van der Waals surface area (Å²) >= 11 is 0. The second kappa shape index (κ2) is 11.5. The Hall–Kier alpha value is -1.13. The molecule has 204 valence electrons. The first kappa shape index (κ1) is 28.4. The Bertz CT molecular complexity index is 707. The molecule has 0 aromatic carbocycles. The van der Waals surface area contributed by atoms with Gasteiger partial charge in [-0.1, -0.05) is 0 Å². The van der Waals surface area contributed by atoms with Gasteiger partial charge in [-0.2, -0.15) is 0 Å². The predicted molar refractivity (Wildman–Crippen MR) is 102 cm³/mol. The molecule has 3 aliphatic rings. The average molecular weight is 518 g/mol. The molecule has 0 radical (unpaired) electrons. The summed E-state index contributed by atoms with van der Waals surface area (Å²) in [7, 11) is 0. The summed E-state index contributed by atoms with van der Waals surface area (Å²) in [6.07, 6.45) is -27.5. The SMILES string of the molecule is O=C(O)[C@H]1OC(O)[C@H](O)[C@@H](O[C@@H]2O[C@H](CO)[C@@H](O[C@@H]3O[C@H](CO)[C@@H](O)[C@H](O)[C@H]3O)[C@H](O)[C@H]2O)[C@@H]1O. The minimum atomic E-state index is -2.09. The van der Waals surface area contributed by atoms with Gasteiger partial charge in [-0.15, -0.1) is 0 Å². The van der Waals surface area contributed by atoms with Crippen molar-refractivity contribution in [3.8, 4) is 0 Å². The van der Waals surface area contributed by atoms with Crippen LogP contribution in [0.25, 0.3) is 0 Å². The van der Waals surface area contributed by atoms with Gasteiger partial charge in [0.15, 0.2) is 25.0 Å². The Morgan fingerprint density at radius 2 is 1.11 bits per heavy atom. The first-order valence-electron chi connectivity index (χ1n) is 10.6. The maximum absolute atomic E-state index is 11.2. The monoisotopic (exact) mass is 518 g/mol. The third-order valence-electron chi connectivity index (χ3n) is 6.06. The molecule has 17 nitrogen and oxygen atoms in total. The zero-order chi connectivity index (χ0) is 26.2. The molecule has 0 spiro atoms. The number of carbonyl (C=O) groups is 1. The smallest absolute Gasteiger partial charge is 0.335 e. The number of aliphatic hydroxyl groups is 10. The van der Waals surface area contributed by atoms with Crippen LogP contribution in [0, 0.1) is 0 Å². The van der Waals surface area contributed by atoms with Gasteiger partial charge in [-0.3, -0.25) is 0 Å². The number of carboxylic acids is 1. The summed E-state index contributed by atoms with van der Waals surface area (Å²) in [6, 6.07) is 0. The number of carboxylic acid groups (broad SMARTS) is 1. The Morgan fingerprint density at radius 1 is 0.600 bits per heavy atom. The van der Waals surface area contributed by atoms with E-state index in [0.29, 0.717) is 0 Å². The third kappa shape index (κ3) is 5.59. The van der Waals surface area contributed by atoms with Crippen LogP contribution in [-0.2, 0) is 28.5 Å². The van der Waals surface area contributed by atoms with Crippen LogP contribution in [0.5, 0.6) is 0 Å². The van der Waals surface area contributed by atoms with E-state index in [1.807, 2.05) is 0 Å². The molecule has 0 aliphatic carbocycles. The van der Waals surface area contributed by atoms with Gasteiger partial charge >= 0.3 is 5.97 Å². The van der Waals surface area contributed by atoms with Gasteiger partial charge in [0.05, 0.1) is 13.2 Å². The Labute approximate surface area is 196 Å². The Balaban J connectivity index is 1.73.